The molecule has 6 nitrogen and oxygen atoms in total. The third-order valence-corrected chi connectivity index (χ3v) is 3.45. The normalized spacial score (nSPS) is 10.4. The van der Waals surface area contributed by atoms with Crippen molar-refractivity contribution < 1.29 is 23.4 Å². The number of benzene rings is 1. The van der Waals surface area contributed by atoms with Crippen molar-refractivity contribution in [2.45, 2.75) is 6.54 Å². The Morgan fingerprint density at radius 1 is 1.17 bits per heavy atom. The Morgan fingerprint density at radius 3 is 2.61 bits per heavy atom. The molecule has 2 aromatic rings. The van der Waals surface area contributed by atoms with E-state index in [1.54, 1.807) is 49.8 Å². The van der Waals surface area contributed by atoms with E-state index in [0.29, 0.717) is 36.8 Å². The van der Waals surface area contributed by atoms with Crippen LogP contribution in [0, 0.1) is 0 Å². The quantitative estimate of drug-likeness (QED) is 0.748. The molecule has 0 N–H and O–H groups in total. The molecule has 6 heteroatoms. The molecule has 0 radical (unpaired) electrons. The maximum atomic E-state index is 12.9. The highest BCUT2D eigenvalue weighted by Crippen LogP contribution is 2.26. The molecule has 1 amide bonds. The van der Waals surface area contributed by atoms with Gasteiger partial charge in [0.05, 0.1) is 38.9 Å². The summed E-state index contributed by atoms with van der Waals surface area (Å²) in [4.78, 5) is 14.6. The number of hydrogen-bond donors (Lipinski definition) is 0. The summed E-state index contributed by atoms with van der Waals surface area (Å²) in [5.74, 6) is 0.975. The molecule has 1 aromatic heterocycles. The van der Waals surface area contributed by atoms with E-state index in [1.807, 2.05) is 6.07 Å². The monoisotopic (exact) mass is 319 g/mol. The van der Waals surface area contributed by atoms with Crippen molar-refractivity contribution in [3.63, 3.8) is 0 Å². The van der Waals surface area contributed by atoms with E-state index in [2.05, 4.69) is 0 Å². The Kier molecular flexibility index (Phi) is 6.05. The van der Waals surface area contributed by atoms with Crippen molar-refractivity contribution >= 4 is 5.91 Å². The highest BCUT2D eigenvalue weighted by atomic mass is 16.5. The molecule has 124 valence electrons. The highest BCUT2D eigenvalue weighted by Gasteiger charge is 2.20. The first-order valence-corrected chi connectivity index (χ1v) is 7.21. The second-order valence-electron chi connectivity index (χ2n) is 4.92. The number of carbonyl (C=O) groups is 1. The first-order chi connectivity index (χ1) is 11.2. The lowest BCUT2D eigenvalue weighted by Crippen LogP contribution is -2.33. The summed E-state index contributed by atoms with van der Waals surface area (Å²) in [7, 11) is 4.70. The number of carbonyl (C=O) groups excluding carboxylic acids is 1. The summed E-state index contributed by atoms with van der Waals surface area (Å²) in [5.41, 5.74) is 1.40. The van der Waals surface area contributed by atoms with E-state index in [-0.39, 0.29) is 5.91 Å². The Morgan fingerprint density at radius 2 is 2.00 bits per heavy atom. The fourth-order valence-electron chi connectivity index (χ4n) is 2.20. The molecule has 0 aliphatic carbocycles. The Balaban J connectivity index is 2.25. The minimum atomic E-state index is -0.136. The predicted octanol–water partition coefficient (Wildman–Crippen LogP) is 2.59. The molecule has 0 saturated heterocycles. The van der Waals surface area contributed by atoms with Crippen LogP contribution in [0.4, 0.5) is 0 Å². The van der Waals surface area contributed by atoms with Crippen LogP contribution in [-0.4, -0.2) is 45.3 Å². The lowest BCUT2D eigenvalue weighted by atomic mass is 10.1. The fraction of sp³-hybridized carbons (Fsp3) is 0.353. The molecular weight excluding hydrogens is 298 g/mol. The highest BCUT2D eigenvalue weighted by molar-refractivity contribution is 5.97. The fourth-order valence-corrected chi connectivity index (χ4v) is 2.20. The van der Waals surface area contributed by atoms with Gasteiger partial charge in [-0.1, -0.05) is 0 Å². The Hall–Kier alpha value is -2.47. The van der Waals surface area contributed by atoms with Gasteiger partial charge >= 0.3 is 0 Å². The van der Waals surface area contributed by atoms with Crippen LogP contribution >= 0.6 is 0 Å². The standard InChI is InChI=1S/C17H21NO5/c1-20-9-7-18(11-13-6-8-23-12-13)17(19)15-5-4-14(21-2)10-16(15)22-3/h4-6,8,10,12H,7,9,11H2,1-3H3. The molecular formula is C17H21NO5. The van der Waals surface area contributed by atoms with Crippen molar-refractivity contribution in [3.05, 3.63) is 47.9 Å². The van der Waals surface area contributed by atoms with Crippen LogP contribution in [-0.2, 0) is 11.3 Å². The van der Waals surface area contributed by atoms with E-state index < -0.39 is 0 Å². The topological polar surface area (TPSA) is 61.1 Å². The average Bonchev–Trinajstić information content (AvgIpc) is 3.10. The van der Waals surface area contributed by atoms with Crippen LogP contribution in [0.15, 0.2) is 41.2 Å². The molecule has 1 aromatic carbocycles. The summed E-state index contributed by atoms with van der Waals surface area (Å²) in [5, 5.41) is 0. The van der Waals surface area contributed by atoms with Gasteiger partial charge in [0, 0.05) is 31.8 Å². The van der Waals surface area contributed by atoms with E-state index >= 15 is 0 Å². The minimum absolute atomic E-state index is 0.136. The van der Waals surface area contributed by atoms with Crippen molar-refractivity contribution in [1.82, 2.24) is 4.90 Å². The summed E-state index contributed by atoms with van der Waals surface area (Å²) in [6, 6.07) is 6.97. The number of nitrogens with zero attached hydrogens (tertiary/aromatic N) is 1. The zero-order valence-corrected chi connectivity index (χ0v) is 13.6. The number of furan rings is 1. The number of ether oxygens (including phenoxy) is 3. The van der Waals surface area contributed by atoms with Gasteiger partial charge in [-0.05, 0) is 18.2 Å². The van der Waals surface area contributed by atoms with Gasteiger partial charge in [-0.3, -0.25) is 4.79 Å². The van der Waals surface area contributed by atoms with Crippen molar-refractivity contribution in [3.8, 4) is 11.5 Å². The third-order valence-electron chi connectivity index (χ3n) is 3.45. The third kappa shape index (κ3) is 4.26. The van der Waals surface area contributed by atoms with Gasteiger partial charge in [-0.25, -0.2) is 0 Å². The zero-order chi connectivity index (χ0) is 16.7. The Bertz CT molecular complexity index is 624. The first-order valence-electron chi connectivity index (χ1n) is 7.21. The van der Waals surface area contributed by atoms with Crippen LogP contribution in [0.3, 0.4) is 0 Å². The van der Waals surface area contributed by atoms with Gasteiger partial charge in [0.2, 0.25) is 0 Å². The molecule has 0 bridgehead atoms. The molecule has 0 aliphatic rings. The van der Waals surface area contributed by atoms with Crippen LogP contribution in [0.25, 0.3) is 0 Å². The van der Waals surface area contributed by atoms with Crippen molar-refractivity contribution in [2.24, 2.45) is 0 Å². The van der Waals surface area contributed by atoms with Gasteiger partial charge in [0.15, 0.2) is 0 Å². The van der Waals surface area contributed by atoms with Gasteiger partial charge in [-0.2, -0.15) is 0 Å². The van der Waals surface area contributed by atoms with Gasteiger partial charge < -0.3 is 23.5 Å². The molecule has 0 saturated carbocycles. The van der Waals surface area contributed by atoms with Crippen LogP contribution in [0.1, 0.15) is 15.9 Å². The maximum absolute atomic E-state index is 12.9. The van der Waals surface area contributed by atoms with Crippen LogP contribution in [0.5, 0.6) is 11.5 Å². The summed E-state index contributed by atoms with van der Waals surface area (Å²) >= 11 is 0. The molecule has 1 heterocycles. The summed E-state index contributed by atoms with van der Waals surface area (Å²) in [6.45, 7) is 1.35. The maximum Gasteiger partial charge on any atom is 0.258 e. The predicted molar refractivity (Wildman–Crippen MR) is 84.9 cm³/mol. The second kappa shape index (κ2) is 8.24. The zero-order valence-electron chi connectivity index (χ0n) is 13.6. The minimum Gasteiger partial charge on any atom is -0.497 e. The summed E-state index contributed by atoms with van der Waals surface area (Å²) in [6.07, 6.45) is 3.21. The number of methoxy groups -OCH3 is 3. The van der Waals surface area contributed by atoms with E-state index in [4.69, 9.17) is 18.6 Å². The summed E-state index contributed by atoms with van der Waals surface area (Å²) < 4.78 is 20.7. The molecule has 0 atom stereocenters. The molecule has 0 fully saturated rings. The van der Waals surface area contributed by atoms with E-state index in [9.17, 15) is 4.79 Å². The Labute approximate surface area is 135 Å². The number of amides is 1. The van der Waals surface area contributed by atoms with Crippen molar-refractivity contribution in [2.75, 3.05) is 34.5 Å². The van der Waals surface area contributed by atoms with Gasteiger partial charge in [-0.15, -0.1) is 0 Å². The lowest BCUT2D eigenvalue weighted by Gasteiger charge is -2.23. The first kappa shape index (κ1) is 16.9. The lowest BCUT2D eigenvalue weighted by molar-refractivity contribution is 0.0677. The van der Waals surface area contributed by atoms with Crippen LogP contribution < -0.4 is 9.47 Å². The molecule has 23 heavy (non-hydrogen) atoms. The molecule has 0 aliphatic heterocycles. The molecule has 0 spiro atoms. The largest absolute Gasteiger partial charge is 0.497 e. The van der Waals surface area contributed by atoms with Crippen LogP contribution in [0.2, 0.25) is 0 Å². The van der Waals surface area contributed by atoms with Gasteiger partial charge in [0.1, 0.15) is 11.5 Å². The number of hydrogen-bond acceptors (Lipinski definition) is 5. The molecule has 0 unspecified atom stereocenters. The van der Waals surface area contributed by atoms with Crippen molar-refractivity contribution in [1.29, 1.82) is 0 Å². The molecule has 2 rings (SSSR count). The number of rotatable bonds is 8. The smallest absolute Gasteiger partial charge is 0.258 e. The van der Waals surface area contributed by atoms with Gasteiger partial charge in [0.25, 0.3) is 5.91 Å². The average molecular weight is 319 g/mol. The van der Waals surface area contributed by atoms with E-state index in [1.165, 1.54) is 7.11 Å². The second-order valence-corrected chi connectivity index (χ2v) is 4.92. The SMILES string of the molecule is COCCN(Cc1ccoc1)C(=O)c1ccc(OC)cc1OC. The van der Waals surface area contributed by atoms with E-state index in [0.717, 1.165) is 5.56 Å².